The fourth-order valence-electron chi connectivity index (χ4n) is 3.18. The van der Waals surface area contributed by atoms with Crippen molar-refractivity contribution >= 4 is 5.78 Å². The molecular weight excluding hydrogens is 268 g/mol. The van der Waals surface area contributed by atoms with Gasteiger partial charge in [0.2, 0.25) is 0 Å². The van der Waals surface area contributed by atoms with E-state index in [1.54, 1.807) is 0 Å². The second kappa shape index (κ2) is 5.39. The minimum atomic E-state index is 0.130. The van der Waals surface area contributed by atoms with Crippen molar-refractivity contribution in [2.75, 3.05) is 0 Å². The number of Topliss-reactive ketones (excluding diaryl/α,β-unsaturated/α-hetero) is 1. The molecule has 1 aliphatic carbocycles. The molecule has 0 bridgehead atoms. The normalized spacial score (nSPS) is 20.7. The van der Waals surface area contributed by atoms with Crippen molar-refractivity contribution in [2.24, 2.45) is 5.92 Å². The maximum Gasteiger partial charge on any atom is 0.166 e. The van der Waals surface area contributed by atoms with E-state index >= 15 is 0 Å². The quantitative estimate of drug-likeness (QED) is 0.703. The number of carbonyl (C=O) groups excluding carboxylic acids is 1. The summed E-state index contributed by atoms with van der Waals surface area (Å²) in [4.78, 5) is 12.7. The average molecular weight is 292 g/mol. The lowest BCUT2D eigenvalue weighted by atomic mass is 9.86. The highest BCUT2D eigenvalue weighted by Crippen LogP contribution is 2.50. The van der Waals surface area contributed by atoms with Crippen LogP contribution in [-0.4, -0.2) is 5.78 Å². The van der Waals surface area contributed by atoms with Crippen molar-refractivity contribution in [2.45, 2.75) is 45.4 Å². The molecule has 1 heteroatoms. The first-order chi connectivity index (χ1) is 10.4. The molecule has 2 aromatic carbocycles. The van der Waals surface area contributed by atoms with Gasteiger partial charge in [0.25, 0.3) is 0 Å². The summed E-state index contributed by atoms with van der Waals surface area (Å²) in [6, 6.07) is 16.6. The maximum atomic E-state index is 12.7. The standard InChI is InChI=1S/C21H24O/c1-14-7-5-6-8-17(14)18-13-19(18)20(22)15-9-11-16(12-10-15)21(2,3)4/h5-12,18-19H,13H2,1-4H3. The van der Waals surface area contributed by atoms with Gasteiger partial charge >= 0.3 is 0 Å². The summed E-state index contributed by atoms with van der Waals surface area (Å²) in [6.07, 6.45) is 0.991. The van der Waals surface area contributed by atoms with Gasteiger partial charge in [-0.05, 0) is 41.4 Å². The lowest BCUT2D eigenvalue weighted by molar-refractivity contribution is 0.0965. The fraction of sp³-hybridized carbons (Fsp3) is 0.381. The van der Waals surface area contributed by atoms with Crippen LogP contribution in [0, 0.1) is 12.8 Å². The zero-order valence-corrected chi connectivity index (χ0v) is 13.9. The predicted molar refractivity (Wildman–Crippen MR) is 91.5 cm³/mol. The second-order valence-electron chi connectivity index (χ2n) is 7.50. The number of carbonyl (C=O) groups is 1. The van der Waals surface area contributed by atoms with Crippen LogP contribution in [0.5, 0.6) is 0 Å². The average Bonchev–Trinajstić information content (AvgIpc) is 3.26. The van der Waals surface area contributed by atoms with Crippen molar-refractivity contribution in [3.05, 3.63) is 70.8 Å². The second-order valence-corrected chi connectivity index (χ2v) is 7.50. The third-order valence-electron chi connectivity index (χ3n) is 4.75. The van der Waals surface area contributed by atoms with Gasteiger partial charge in [-0.2, -0.15) is 0 Å². The van der Waals surface area contributed by atoms with Crippen LogP contribution in [0.4, 0.5) is 0 Å². The molecule has 0 saturated heterocycles. The van der Waals surface area contributed by atoms with Crippen LogP contribution in [0.15, 0.2) is 48.5 Å². The van der Waals surface area contributed by atoms with Crippen molar-refractivity contribution in [1.29, 1.82) is 0 Å². The van der Waals surface area contributed by atoms with E-state index in [2.05, 4.69) is 64.1 Å². The Morgan fingerprint density at radius 3 is 2.23 bits per heavy atom. The van der Waals surface area contributed by atoms with Crippen molar-refractivity contribution < 1.29 is 4.79 Å². The molecule has 114 valence electrons. The Kier molecular flexibility index (Phi) is 3.68. The number of aryl methyl sites for hydroxylation is 1. The SMILES string of the molecule is Cc1ccccc1C1CC1C(=O)c1ccc(C(C)(C)C)cc1. The molecule has 1 fully saturated rings. The molecule has 2 aromatic rings. The highest BCUT2D eigenvalue weighted by atomic mass is 16.1. The molecule has 1 saturated carbocycles. The topological polar surface area (TPSA) is 17.1 Å². The first kappa shape index (κ1) is 15.0. The smallest absolute Gasteiger partial charge is 0.166 e. The van der Waals surface area contributed by atoms with Crippen LogP contribution in [0.1, 0.15) is 60.2 Å². The van der Waals surface area contributed by atoms with E-state index in [0.717, 1.165) is 12.0 Å². The van der Waals surface area contributed by atoms with Gasteiger partial charge in [0, 0.05) is 11.5 Å². The highest BCUT2D eigenvalue weighted by molar-refractivity contribution is 6.00. The lowest BCUT2D eigenvalue weighted by Gasteiger charge is -2.19. The monoisotopic (exact) mass is 292 g/mol. The summed E-state index contributed by atoms with van der Waals surface area (Å²) in [5.41, 5.74) is 4.90. The van der Waals surface area contributed by atoms with Gasteiger partial charge in [0.15, 0.2) is 5.78 Å². The number of hydrogen-bond donors (Lipinski definition) is 0. The predicted octanol–water partition coefficient (Wildman–Crippen LogP) is 5.28. The molecular formula is C21H24O. The van der Waals surface area contributed by atoms with Crippen LogP contribution < -0.4 is 0 Å². The number of ketones is 1. The molecule has 3 rings (SSSR count). The highest BCUT2D eigenvalue weighted by Gasteiger charge is 2.44. The molecule has 1 nitrogen and oxygen atoms in total. The molecule has 0 N–H and O–H groups in total. The van der Waals surface area contributed by atoms with Gasteiger partial charge in [-0.25, -0.2) is 0 Å². The van der Waals surface area contributed by atoms with E-state index in [9.17, 15) is 4.79 Å². The molecule has 1 aliphatic rings. The van der Waals surface area contributed by atoms with Crippen LogP contribution in [-0.2, 0) is 5.41 Å². The summed E-state index contributed by atoms with van der Waals surface area (Å²) < 4.78 is 0. The minimum Gasteiger partial charge on any atom is -0.294 e. The summed E-state index contributed by atoms with van der Waals surface area (Å²) in [5, 5.41) is 0. The van der Waals surface area contributed by atoms with Gasteiger partial charge in [-0.1, -0.05) is 69.3 Å². The zero-order chi connectivity index (χ0) is 15.9. The molecule has 0 heterocycles. The van der Waals surface area contributed by atoms with E-state index in [4.69, 9.17) is 0 Å². The van der Waals surface area contributed by atoms with Crippen molar-refractivity contribution in [3.63, 3.8) is 0 Å². The summed E-state index contributed by atoms with van der Waals surface area (Å²) in [6.45, 7) is 8.71. The van der Waals surface area contributed by atoms with Gasteiger partial charge in [0.05, 0.1) is 0 Å². The van der Waals surface area contributed by atoms with Crippen LogP contribution >= 0.6 is 0 Å². The van der Waals surface area contributed by atoms with Crippen molar-refractivity contribution in [3.8, 4) is 0 Å². The van der Waals surface area contributed by atoms with Gasteiger partial charge < -0.3 is 0 Å². The molecule has 2 unspecified atom stereocenters. The Hall–Kier alpha value is -1.89. The molecule has 0 spiro atoms. The maximum absolute atomic E-state index is 12.7. The molecule has 0 aliphatic heterocycles. The van der Waals surface area contributed by atoms with Crippen LogP contribution in [0.25, 0.3) is 0 Å². The zero-order valence-electron chi connectivity index (χ0n) is 13.9. The van der Waals surface area contributed by atoms with Crippen LogP contribution in [0.3, 0.4) is 0 Å². The van der Waals surface area contributed by atoms with E-state index in [0.29, 0.717) is 11.7 Å². The number of rotatable bonds is 3. The lowest BCUT2D eigenvalue weighted by Crippen LogP contribution is -2.11. The Morgan fingerprint density at radius 1 is 1.00 bits per heavy atom. The molecule has 2 atom stereocenters. The number of benzene rings is 2. The van der Waals surface area contributed by atoms with E-state index in [1.807, 2.05) is 12.1 Å². The third kappa shape index (κ3) is 2.85. The largest absolute Gasteiger partial charge is 0.294 e. The van der Waals surface area contributed by atoms with Crippen molar-refractivity contribution in [1.82, 2.24) is 0 Å². The molecule has 0 aromatic heterocycles. The van der Waals surface area contributed by atoms with E-state index in [-0.39, 0.29) is 11.3 Å². The minimum absolute atomic E-state index is 0.130. The summed E-state index contributed by atoms with van der Waals surface area (Å²) >= 11 is 0. The van der Waals surface area contributed by atoms with Crippen LogP contribution in [0.2, 0.25) is 0 Å². The summed E-state index contributed by atoms with van der Waals surface area (Å²) in [5.74, 6) is 0.881. The molecule has 22 heavy (non-hydrogen) atoms. The third-order valence-corrected chi connectivity index (χ3v) is 4.75. The fourth-order valence-corrected chi connectivity index (χ4v) is 3.18. The first-order valence-electron chi connectivity index (χ1n) is 8.08. The van der Waals surface area contributed by atoms with Gasteiger partial charge in [-0.3, -0.25) is 4.79 Å². The van der Waals surface area contributed by atoms with Gasteiger partial charge in [0.1, 0.15) is 0 Å². The Bertz CT molecular complexity index is 689. The Balaban J connectivity index is 1.75. The molecule has 0 radical (unpaired) electrons. The molecule has 0 amide bonds. The Labute approximate surface area is 133 Å². The van der Waals surface area contributed by atoms with E-state index in [1.165, 1.54) is 16.7 Å². The first-order valence-corrected chi connectivity index (χ1v) is 8.08. The van der Waals surface area contributed by atoms with Gasteiger partial charge in [-0.15, -0.1) is 0 Å². The summed E-state index contributed by atoms with van der Waals surface area (Å²) in [7, 11) is 0. The Morgan fingerprint density at radius 2 is 1.64 bits per heavy atom. The number of hydrogen-bond acceptors (Lipinski definition) is 1. The van der Waals surface area contributed by atoms with E-state index < -0.39 is 0 Å².